The molecule has 1 N–H and O–H groups in total. The van der Waals surface area contributed by atoms with E-state index in [4.69, 9.17) is 5.11 Å². The molecular formula is C16H14N2O3S. The van der Waals surface area contributed by atoms with Crippen LogP contribution in [0.1, 0.15) is 15.9 Å². The van der Waals surface area contributed by atoms with Crippen LogP contribution >= 0.6 is 11.8 Å². The van der Waals surface area contributed by atoms with Crippen LogP contribution in [0, 0.1) is 0 Å². The van der Waals surface area contributed by atoms with Crippen molar-refractivity contribution in [3.63, 3.8) is 0 Å². The van der Waals surface area contributed by atoms with Gasteiger partial charge in [-0.15, -0.1) is 11.8 Å². The van der Waals surface area contributed by atoms with Gasteiger partial charge in [0.2, 0.25) is 5.91 Å². The summed E-state index contributed by atoms with van der Waals surface area (Å²) in [6.45, 7) is 0. The van der Waals surface area contributed by atoms with E-state index in [0.29, 0.717) is 12.2 Å². The summed E-state index contributed by atoms with van der Waals surface area (Å²) in [5.41, 5.74) is 1.21. The lowest BCUT2D eigenvalue weighted by atomic mass is 10.1. The van der Waals surface area contributed by atoms with E-state index in [9.17, 15) is 9.59 Å². The average Bonchev–Trinajstić information content (AvgIpc) is 2.53. The van der Waals surface area contributed by atoms with Gasteiger partial charge in [-0.1, -0.05) is 30.3 Å². The number of hydrogen-bond acceptors (Lipinski definition) is 4. The zero-order valence-corrected chi connectivity index (χ0v) is 12.7. The minimum absolute atomic E-state index is 0.0167. The van der Waals surface area contributed by atoms with Crippen molar-refractivity contribution in [1.29, 1.82) is 0 Å². The van der Waals surface area contributed by atoms with Crippen molar-refractivity contribution in [2.24, 2.45) is 0 Å². The van der Waals surface area contributed by atoms with E-state index in [2.05, 4.69) is 4.98 Å². The number of anilines is 1. The number of hydrogen-bond donors (Lipinski definition) is 1. The Morgan fingerprint density at radius 3 is 2.77 bits per heavy atom. The third-order valence-electron chi connectivity index (χ3n) is 3.54. The Morgan fingerprint density at radius 1 is 1.36 bits per heavy atom. The van der Waals surface area contributed by atoms with Crippen molar-refractivity contribution in [2.75, 3.05) is 11.9 Å². The van der Waals surface area contributed by atoms with E-state index >= 15 is 0 Å². The molecule has 1 unspecified atom stereocenters. The van der Waals surface area contributed by atoms with E-state index in [0.717, 1.165) is 10.5 Å². The second-order valence-electron chi connectivity index (χ2n) is 5.04. The van der Waals surface area contributed by atoms with Crippen LogP contribution in [0.2, 0.25) is 0 Å². The van der Waals surface area contributed by atoms with Gasteiger partial charge in [0.25, 0.3) is 0 Å². The molecule has 1 amide bonds. The van der Waals surface area contributed by atoms with Gasteiger partial charge in [-0.2, -0.15) is 0 Å². The first-order valence-electron chi connectivity index (χ1n) is 6.78. The molecule has 22 heavy (non-hydrogen) atoms. The number of benzene rings is 1. The van der Waals surface area contributed by atoms with Gasteiger partial charge in [0, 0.05) is 13.2 Å². The van der Waals surface area contributed by atoms with Gasteiger partial charge < -0.3 is 5.11 Å². The maximum atomic E-state index is 12.5. The molecule has 1 aromatic carbocycles. The van der Waals surface area contributed by atoms with Crippen LogP contribution in [0.5, 0.6) is 0 Å². The molecule has 1 atom stereocenters. The molecule has 1 aliphatic rings. The molecule has 0 bridgehead atoms. The van der Waals surface area contributed by atoms with Crippen LogP contribution in [-0.2, 0) is 11.2 Å². The highest BCUT2D eigenvalue weighted by Crippen LogP contribution is 2.38. The highest BCUT2D eigenvalue weighted by atomic mass is 32.2. The van der Waals surface area contributed by atoms with Crippen molar-refractivity contribution in [1.82, 2.24) is 4.98 Å². The van der Waals surface area contributed by atoms with Crippen molar-refractivity contribution >= 4 is 29.5 Å². The topological polar surface area (TPSA) is 70.5 Å². The maximum absolute atomic E-state index is 12.5. The largest absolute Gasteiger partial charge is 0.478 e. The van der Waals surface area contributed by atoms with E-state index in [1.54, 1.807) is 13.1 Å². The van der Waals surface area contributed by atoms with Crippen molar-refractivity contribution < 1.29 is 14.7 Å². The molecule has 2 heterocycles. The number of thioether (sulfide) groups is 1. The number of carboxylic acids is 1. The van der Waals surface area contributed by atoms with Crippen LogP contribution in [0.15, 0.2) is 47.5 Å². The molecule has 0 saturated heterocycles. The lowest BCUT2D eigenvalue weighted by molar-refractivity contribution is -0.118. The summed E-state index contributed by atoms with van der Waals surface area (Å²) in [5.74, 6) is -0.517. The molecule has 5 nitrogen and oxygen atoms in total. The Bertz CT molecular complexity index is 733. The van der Waals surface area contributed by atoms with E-state index in [-0.39, 0.29) is 16.7 Å². The first-order valence-corrected chi connectivity index (χ1v) is 7.65. The summed E-state index contributed by atoms with van der Waals surface area (Å²) in [7, 11) is 1.67. The number of carbonyl (C=O) groups is 2. The predicted octanol–water partition coefficient (Wildman–Crippen LogP) is 2.46. The normalized spacial score (nSPS) is 17.2. The van der Waals surface area contributed by atoms with Crippen molar-refractivity contribution in [3.05, 3.63) is 53.7 Å². The second kappa shape index (κ2) is 5.81. The Kier molecular flexibility index (Phi) is 3.85. The SMILES string of the molecule is CN1C(=O)C(Cc2ccccc2)Sc2cc(C(=O)O)cnc21. The molecule has 3 rings (SSSR count). The molecule has 0 saturated carbocycles. The Labute approximate surface area is 132 Å². The van der Waals surface area contributed by atoms with Crippen LogP contribution in [0.4, 0.5) is 5.82 Å². The minimum Gasteiger partial charge on any atom is -0.478 e. The minimum atomic E-state index is -1.02. The molecular weight excluding hydrogens is 300 g/mol. The molecule has 0 radical (unpaired) electrons. The van der Waals surface area contributed by atoms with E-state index in [1.165, 1.54) is 22.9 Å². The van der Waals surface area contributed by atoms with Gasteiger partial charge in [0.15, 0.2) is 0 Å². The van der Waals surface area contributed by atoms with Crippen LogP contribution in [0.25, 0.3) is 0 Å². The summed E-state index contributed by atoms with van der Waals surface area (Å²) in [6.07, 6.45) is 1.88. The quantitative estimate of drug-likeness (QED) is 0.942. The Balaban J connectivity index is 1.91. The lowest BCUT2D eigenvalue weighted by Gasteiger charge is -2.30. The van der Waals surface area contributed by atoms with Gasteiger partial charge >= 0.3 is 5.97 Å². The number of pyridine rings is 1. The molecule has 2 aromatic rings. The van der Waals surface area contributed by atoms with Crippen LogP contribution in [-0.4, -0.2) is 34.3 Å². The summed E-state index contributed by atoms with van der Waals surface area (Å²) in [6, 6.07) is 11.4. The van der Waals surface area contributed by atoms with Gasteiger partial charge in [0.1, 0.15) is 5.82 Å². The Morgan fingerprint density at radius 2 is 2.09 bits per heavy atom. The fraction of sp³-hybridized carbons (Fsp3) is 0.188. The maximum Gasteiger partial charge on any atom is 0.337 e. The second-order valence-corrected chi connectivity index (χ2v) is 6.29. The molecule has 1 aliphatic heterocycles. The zero-order valence-electron chi connectivity index (χ0n) is 11.9. The van der Waals surface area contributed by atoms with Crippen molar-refractivity contribution in [3.8, 4) is 0 Å². The highest BCUT2D eigenvalue weighted by Gasteiger charge is 2.32. The van der Waals surface area contributed by atoms with Crippen molar-refractivity contribution in [2.45, 2.75) is 16.6 Å². The number of nitrogens with zero attached hydrogens (tertiary/aromatic N) is 2. The standard InChI is InChI=1S/C16H14N2O3S/c1-18-14-12(8-11(9-17-14)16(20)21)22-13(15(18)19)7-10-5-3-2-4-6-10/h2-6,8-9,13H,7H2,1H3,(H,20,21). The monoisotopic (exact) mass is 314 g/mol. The van der Waals surface area contributed by atoms with Crippen LogP contribution < -0.4 is 4.90 Å². The third-order valence-corrected chi connectivity index (χ3v) is 4.74. The fourth-order valence-electron chi connectivity index (χ4n) is 2.37. The molecule has 0 spiro atoms. The number of amides is 1. The fourth-order valence-corrected chi connectivity index (χ4v) is 3.71. The lowest BCUT2D eigenvalue weighted by Crippen LogP contribution is -2.39. The average molecular weight is 314 g/mol. The Hall–Kier alpha value is -2.34. The number of aromatic nitrogens is 1. The zero-order chi connectivity index (χ0) is 15.7. The molecule has 0 aliphatic carbocycles. The van der Waals surface area contributed by atoms with Gasteiger partial charge in [-0.05, 0) is 18.1 Å². The predicted molar refractivity (Wildman–Crippen MR) is 84.4 cm³/mol. The van der Waals surface area contributed by atoms with Crippen LogP contribution in [0.3, 0.4) is 0 Å². The van der Waals surface area contributed by atoms with Gasteiger partial charge in [-0.3, -0.25) is 9.69 Å². The molecule has 6 heteroatoms. The first-order chi connectivity index (χ1) is 10.6. The third kappa shape index (κ3) is 2.69. The van der Waals surface area contributed by atoms with Gasteiger partial charge in [0.05, 0.1) is 15.7 Å². The highest BCUT2D eigenvalue weighted by molar-refractivity contribution is 8.01. The van der Waals surface area contributed by atoms with Gasteiger partial charge in [-0.25, -0.2) is 9.78 Å². The number of carbonyl (C=O) groups excluding carboxylic acids is 1. The summed E-state index contributed by atoms with van der Waals surface area (Å²) in [4.78, 5) is 29.9. The molecule has 1 aromatic heterocycles. The summed E-state index contributed by atoms with van der Waals surface area (Å²) in [5, 5.41) is 8.80. The number of carboxylic acid groups (broad SMARTS) is 1. The molecule has 0 fully saturated rings. The smallest absolute Gasteiger partial charge is 0.337 e. The number of rotatable bonds is 3. The number of aromatic carboxylic acids is 1. The molecule has 112 valence electrons. The summed E-state index contributed by atoms with van der Waals surface area (Å²) < 4.78 is 0. The number of fused-ring (bicyclic) bond motifs is 1. The summed E-state index contributed by atoms with van der Waals surface area (Å²) >= 11 is 1.38. The first kappa shape index (κ1) is 14.6. The van der Waals surface area contributed by atoms with E-state index < -0.39 is 5.97 Å². The van der Waals surface area contributed by atoms with E-state index in [1.807, 2.05) is 30.3 Å².